The number of hydrogen-bond acceptors (Lipinski definition) is 1. The lowest BCUT2D eigenvalue weighted by Gasteiger charge is -2.24. The second-order valence-corrected chi connectivity index (χ2v) is 8.25. The van der Waals surface area contributed by atoms with Crippen molar-refractivity contribution < 1.29 is 4.39 Å². The van der Waals surface area contributed by atoms with Crippen LogP contribution in [-0.2, 0) is 13.0 Å². The summed E-state index contributed by atoms with van der Waals surface area (Å²) in [5.41, 5.74) is 6.40. The second-order valence-electron chi connectivity index (χ2n) is 7.81. The van der Waals surface area contributed by atoms with E-state index in [-0.39, 0.29) is 5.82 Å². The van der Waals surface area contributed by atoms with Gasteiger partial charge in [-0.1, -0.05) is 23.7 Å². The molecule has 0 unspecified atom stereocenters. The Kier molecular flexibility index (Phi) is 4.10. The highest BCUT2D eigenvalue weighted by Crippen LogP contribution is 2.43. The Balaban J connectivity index is 1.72. The van der Waals surface area contributed by atoms with E-state index >= 15 is 0 Å². The van der Waals surface area contributed by atoms with Gasteiger partial charge in [-0.15, -0.1) is 0 Å². The van der Waals surface area contributed by atoms with Crippen LogP contribution in [0.4, 0.5) is 4.39 Å². The first-order chi connectivity index (χ1) is 13.1. The SMILES string of the molecule is CN1CCc2c(c3cc(Cl)ccc3n2/C=C(/c2ccc(F)cc2)C2CC2)C1. The quantitative estimate of drug-likeness (QED) is 0.555. The third-order valence-corrected chi connectivity index (χ3v) is 6.04. The van der Waals surface area contributed by atoms with E-state index in [9.17, 15) is 4.39 Å². The van der Waals surface area contributed by atoms with Gasteiger partial charge in [0.05, 0.1) is 5.52 Å². The molecule has 3 aromatic rings. The fraction of sp³-hybridized carbons (Fsp3) is 0.304. The van der Waals surface area contributed by atoms with E-state index in [0.29, 0.717) is 5.92 Å². The van der Waals surface area contributed by atoms with Gasteiger partial charge in [0.1, 0.15) is 5.82 Å². The zero-order valence-electron chi connectivity index (χ0n) is 15.4. The average molecular weight is 381 g/mol. The molecule has 27 heavy (non-hydrogen) atoms. The van der Waals surface area contributed by atoms with Crippen LogP contribution in [0.25, 0.3) is 22.7 Å². The molecule has 1 aliphatic heterocycles. The summed E-state index contributed by atoms with van der Waals surface area (Å²) in [5.74, 6) is 0.387. The largest absolute Gasteiger partial charge is 0.320 e. The molecule has 1 fully saturated rings. The predicted octanol–water partition coefficient (Wildman–Crippen LogP) is 5.83. The zero-order chi connectivity index (χ0) is 18.5. The molecule has 0 N–H and O–H groups in total. The lowest BCUT2D eigenvalue weighted by molar-refractivity contribution is 0.312. The summed E-state index contributed by atoms with van der Waals surface area (Å²) in [6.45, 7) is 2.00. The van der Waals surface area contributed by atoms with Gasteiger partial charge in [0.25, 0.3) is 0 Å². The summed E-state index contributed by atoms with van der Waals surface area (Å²) in [6, 6.07) is 13.1. The fourth-order valence-electron chi connectivity index (χ4n) is 4.24. The summed E-state index contributed by atoms with van der Waals surface area (Å²) in [7, 11) is 2.17. The number of rotatable bonds is 3. The lowest BCUT2D eigenvalue weighted by Crippen LogP contribution is -2.26. The van der Waals surface area contributed by atoms with Gasteiger partial charge in [-0.05, 0) is 72.8 Å². The van der Waals surface area contributed by atoms with Crippen molar-refractivity contribution in [1.82, 2.24) is 9.47 Å². The van der Waals surface area contributed by atoms with Crippen LogP contribution < -0.4 is 0 Å². The van der Waals surface area contributed by atoms with Gasteiger partial charge in [-0.2, -0.15) is 0 Å². The molecule has 0 bridgehead atoms. The molecule has 2 nitrogen and oxygen atoms in total. The third kappa shape index (κ3) is 3.09. The highest BCUT2D eigenvalue weighted by molar-refractivity contribution is 6.31. The van der Waals surface area contributed by atoms with Gasteiger partial charge in [0.15, 0.2) is 0 Å². The first kappa shape index (κ1) is 17.0. The fourth-order valence-corrected chi connectivity index (χ4v) is 4.41. The van der Waals surface area contributed by atoms with Crippen molar-refractivity contribution in [3.8, 4) is 0 Å². The Morgan fingerprint density at radius 3 is 2.67 bits per heavy atom. The zero-order valence-corrected chi connectivity index (χ0v) is 16.1. The molecule has 2 heterocycles. The molecule has 5 rings (SSSR count). The molecule has 0 saturated heterocycles. The molecule has 138 valence electrons. The maximum atomic E-state index is 13.4. The minimum Gasteiger partial charge on any atom is -0.320 e. The van der Waals surface area contributed by atoms with E-state index < -0.39 is 0 Å². The Morgan fingerprint density at radius 2 is 1.93 bits per heavy atom. The van der Waals surface area contributed by atoms with Crippen molar-refractivity contribution in [2.75, 3.05) is 13.6 Å². The van der Waals surface area contributed by atoms with Crippen molar-refractivity contribution in [3.05, 3.63) is 70.1 Å². The maximum Gasteiger partial charge on any atom is 0.123 e. The number of nitrogens with zero attached hydrogens (tertiary/aromatic N) is 2. The first-order valence-electron chi connectivity index (χ1n) is 9.57. The third-order valence-electron chi connectivity index (χ3n) is 5.80. The number of likely N-dealkylation sites (N-methyl/N-ethyl adjacent to an activating group) is 1. The van der Waals surface area contributed by atoms with E-state index in [0.717, 1.165) is 30.1 Å². The molecule has 4 heteroatoms. The number of fused-ring (bicyclic) bond motifs is 3. The van der Waals surface area contributed by atoms with Crippen molar-refractivity contribution in [1.29, 1.82) is 0 Å². The number of halogens is 2. The summed E-state index contributed by atoms with van der Waals surface area (Å²) in [6.07, 6.45) is 5.74. The summed E-state index contributed by atoms with van der Waals surface area (Å²) < 4.78 is 15.8. The van der Waals surface area contributed by atoms with Crippen LogP contribution in [-0.4, -0.2) is 23.1 Å². The summed E-state index contributed by atoms with van der Waals surface area (Å²) in [4.78, 5) is 2.36. The monoisotopic (exact) mass is 380 g/mol. The minimum atomic E-state index is -0.185. The molecule has 2 aliphatic rings. The van der Waals surface area contributed by atoms with E-state index in [2.05, 4.69) is 34.8 Å². The molecular formula is C23H22ClFN2. The minimum absolute atomic E-state index is 0.185. The number of aromatic nitrogens is 1. The normalized spacial score (nSPS) is 18.1. The summed E-state index contributed by atoms with van der Waals surface area (Å²) >= 11 is 6.31. The van der Waals surface area contributed by atoms with E-state index in [1.165, 1.54) is 40.6 Å². The Hall–Kier alpha value is -2.10. The molecule has 1 saturated carbocycles. The van der Waals surface area contributed by atoms with Gasteiger partial charge >= 0.3 is 0 Å². The molecule has 0 atom stereocenters. The standard InChI is InChI=1S/C23H22ClFN2/c1-26-11-10-23-21(13-26)19-12-17(24)6-9-22(19)27(23)14-20(15-2-3-15)16-4-7-18(25)8-5-16/h4-9,12,14-15H,2-3,10-11,13H2,1H3/b20-14+. The van der Waals surface area contributed by atoms with Gasteiger partial charge in [-0.3, -0.25) is 0 Å². The average Bonchev–Trinajstić information content (AvgIpc) is 3.45. The highest BCUT2D eigenvalue weighted by atomic mass is 35.5. The Labute approximate surface area is 163 Å². The van der Waals surface area contributed by atoms with Crippen LogP contribution in [0, 0.1) is 11.7 Å². The van der Waals surface area contributed by atoms with Gasteiger partial charge < -0.3 is 9.47 Å². The predicted molar refractivity (Wildman–Crippen MR) is 110 cm³/mol. The van der Waals surface area contributed by atoms with Crippen LogP contribution in [0.1, 0.15) is 29.7 Å². The van der Waals surface area contributed by atoms with Crippen LogP contribution in [0.3, 0.4) is 0 Å². The van der Waals surface area contributed by atoms with Gasteiger partial charge in [-0.25, -0.2) is 4.39 Å². The highest BCUT2D eigenvalue weighted by Gasteiger charge is 2.28. The molecule has 0 spiro atoms. The van der Waals surface area contributed by atoms with Crippen molar-refractivity contribution >= 4 is 34.3 Å². The van der Waals surface area contributed by atoms with E-state index in [4.69, 9.17) is 11.6 Å². The molecule has 0 amide bonds. The Bertz CT molecular complexity index is 1040. The lowest BCUT2D eigenvalue weighted by atomic mass is 10.0. The molecule has 1 aliphatic carbocycles. The topological polar surface area (TPSA) is 8.17 Å². The van der Waals surface area contributed by atoms with Crippen LogP contribution in [0.15, 0.2) is 42.5 Å². The number of hydrogen-bond donors (Lipinski definition) is 0. The van der Waals surface area contributed by atoms with E-state index in [1.54, 1.807) is 12.1 Å². The molecule has 2 aromatic carbocycles. The number of benzene rings is 2. The molecular weight excluding hydrogens is 359 g/mol. The smallest absolute Gasteiger partial charge is 0.123 e. The van der Waals surface area contributed by atoms with Crippen molar-refractivity contribution in [3.63, 3.8) is 0 Å². The molecule has 1 aromatic heterocycles. The van der Waals surface area contributed by atoms with Crippen molar-refractivity contribution in [2.45, 2.75) is 25.8 Å². The van der Waals surface area contributed by atoms with Crippen LogP contribution in [0.5, 0.6) is 0 Å². The van der Waals surface area contributed by atoms with Gasteiger partial charge in [0, 0.05) is 41.8 Å². The van der Waals surface area contributed by atoms with E-state index in [1.807, 2.05) is 18.2 Å². The first-order valence-corrected chi connectivity index (χ1v) is 9.95. The summed E-state index contributed by atoms with van der Waals surface area (Å²) in [5, 5.41) is 2.02. The second kappa shape index (κ2) is 6.50. The number of allylic oxidation sites excluding steroid dienone is 1. The van der Waals surface area contributed by atoms with Crippen molar-refractivity contribution in [2.24, 2.45) is 5.92 Å². The maximum absolute atomic E-state index is 13.4. The molecule has 0 radical (unpaired) electrons. The Morgan fingerprint density at radius 1 is 1.15 bits per heavy atom. The van der Waals surface area contributed by atoms with Crippen LogP contribution in [0.2, 0.25) is 5.02 Å². The van der Waals surface area contributed by atoms with Crippen LogP contribution >= 0.6 is 11.6 Å². The van der Waals surface area contributed by atoms with Gasteiger partial charge in [0.2, 0.25) is 0 Å².